The molecule has 0 bridgehead atoms. The molecule has 3 N–H and O–H groups in total. The van der Waals surface area contributed by atoms with E-state index in [4.69, 9.17) is 15.7 Å². The summed E-state index contributed by atoms with van der Waals surface area (Å²) in [5, 5.41) is 11.4. The number of ether oxygens (including phenoxy) is 1. The number of amidine groups is 1. The summed E-state index contributed by atoms with van der Waals surface area (Å²) in [5.74, 6) is 0.0239. The molecule has 106 valence electrons. The number of carbonyl (C=O) groups excluding carboxylic acids is 1. The smallest absolute Gasteiger partial charge is 0.248 e. The number of carbonyl (C=O) groups is 1. The SMILES string of the molecule is CC(C)N(CCC(N)=NO)C(=O)COC(C)(C)C. The van der Waals surface area contributed by atoms with E-state index < -0.39 is 0 Å². The highest BCUT2D eigenvalue weighted by Crippen LogP contribution is 2.08. The van der Waals surface area contributed by atoms with Gasteiger partial charge in [0.2, 0.25) is 5.91 Å². The van der Waals surface area contributed by atoms with Crippen molar-refractivity contribution in [3.8, 4) is 0 Å². The maximum atomic E-state index is 12.0. The van der Waals surface area contributed by atoms with Crippen LogP contribution < -0.4 is 5.73 Å². The average molecular weight is 259 g/mol. The zero-order chi connectivity index (χ0) is 14.3. The zero-order valence-electron chi connectivity index (χ0n) is 11.9. The van der Waals surface area contributed by atoms with Gasteiger partial charge in [-0.05, 0) is 34.6 Å². The maximum Gasteiger partial charge on any atom is 0.248 e. The second-order valence-corrected chi connectivity index (χ2v) is 5.42. The highest BCUT2D eigenvalue weighted by Gasteiger charge is 2.20. The summed E-state index contributed by atoms with van der Waals surface area (Å²) < 4.78 is 5.45. The predicted molar refractivity (Wildman–Crippen MR) is 70.6 cm³/mol. The van der Waals surface area contributed by atoms with Gasteiger partial charge in [-0.25, -0.2) is 0 Å². The van der Waals surface area contributed by atoms with Crippen LogP contribution >= 0.6 is 0 Å². The van der Waals surface area contributed by atoms with Crippen molar-refractivity contribution in [3.05, 3.63) is 0 Å². The lowest BCUT2D eigenvalue weighted by molar-refractivity contribution is -0.142. The number of nitrogens with two attached hydrogens (primary N) is 1. The summed E-state index contributed by atoms with van der Waals surface area (Å²) in [4.78, 5) is 13.6. The van der Waals surface area contributed by atoms with E-state index in [0.29, 0.717) is 13.0 Å². The lowest BCUT2D eigenvalue weighted by Gasteiger charge is -2.28. The van der Waals surface area contributed by atoms with Gasteiger partial charge in [0.25, 0.3) is 0 Å². The van der Waals surface area contributed by atoms with Crippen molar-refractivity contribution in [2.24, 2.45) is 10.9 Å². The molecule has 0 fully saturated rings. The second kappa shape index (κ2) is 7.20. The number of nitrogens with zero attached hydrogens (tertiary/aromatic N) is 2. The van der Waals surface area contributed by atoms with Gasteiger partial charge in [0.05, 0.1) is 5.60 Å². The summed E-state index contributed by atoms with van der Waals surface area (Å²) in [5.41, 5.74) is 5.05. The molecule has 0 aliphatic rings. The van der Waals surface area contributed by atoms with Crippen LogP contribution in [0, 0.1) is 0 Å². The van der Waals surface area contributed by atoms with Crippen LogP contribution in [-0.2, 0) is 9.53 Å². The minimum absolute atomic E-state index is 0.0395. The van der Waals surface area contributed by atoms with E-state index in [2.05, 4.69) is 5.16 Å². The highest BCUT2D eigenvalue weighted by atomic mass is 16.5. The largest absolute Gasteiger partial charge is 0.409 e. The lowest BCUT2D eigenvalue weighted by atomic mass is 10.2. The molecule has 0 atom stereocenters. The van der Waals surface area contributed by atoms with Crippen molar-refractivity contribution in [3.63, 3.8) is 0 Å². The third-order valence-electron chi connectivity index (χ3n) is 2.31. The molecule has 0 saturated carbocycles. The Morgan fingerprint density at radius 1 is 1.44 bits per heavy atom. The summed E-state index contributed by atoms with van der Waals surface area (Å²) in [6.45, 7) is 9.99. The molecule has 0 aliphatic heterocycles. The number of hydrogen-bond acceptors (Lipinski definition) is 4. The Labute approximate surface area is 109 Å². The van der Waals surface area contributed by atoms with Crippen LogP contribution in [0.1, 0.15) is 41.0 Å². The molecule has 18 heavy (non-hydrogen) atoms. The molecule has 0 radical (unpaired) electrons. The number of rotatable bonds is 6. The van der Waals surface area contributed by atoms with Gasteiger partial charge in [0.1, 0.15) is 12.4 Å². The van der Waals surface area contributed by atoms with Crippen LogP contribution in [0.15, 0.2) is 5.16 Å². The third-order valence-corrected chi connectivity index (χ3v) is 2.31. The molecule has 0 aliphatic carbocycles. The fraction of sp³-hybridized carbons (Fsp3) is 0.833. The van der Waals surface area contributed by atoms with Gasteiger partial charge in [0.15, 0.2) is 0 Å². The predicted octanol–water partition coefficient (Wildman–Crippen LogP) is 1.17. The molecule has 6 nitrogen and oxygen atoms in total. The molecular weight excluding hydrogens is 234 g/mol. The third kappa shape index (κ3) is 7.11. The maximum absolute atomic E-state index is 12.0. The molecule has 0 aromatic heterocycles. The fourth-order valence-electron chi connectivity index (χ4n) is 1.32. The van der Waals surface area contributed by atoms with Crippen molar-refractivity contribution in [2.75, 3.05) is 13.2 Å². The molecule has 0 spiro atoms. The van der Waals surface area contributed by atoms with E-state index >= 15 is 0 Å². The van der Waals surface area contributed by atoms with Crippen molar-refractivity contribution in [1.82, 2.24) is 4.90 Å². The zero-order valence-corrected chi connectivity index (χ0v) is 11.9. The first-order valence-corrected chi connectivity index (χ1v) is 6.07. The molecule has 0 unspecified atom stereocenters. The van der Waals surface area contributed by atoms with Crippen molar-refractivity contribution < 1.29 is 14.7 Å². The first kappa shape index (κ1) is 16.7. The van der Waals surface area contributed by atoms with Gasteiger partial charge >= 0.3 is 0 Å². The minimum atomic E-state index is -0.343. The Bertz CT molecular complexity index is 295. The van der Waals surface area contributed by atoms with Gasteiger partial charge in [-0.1, -0.05) is 5.16 Å². The van der Waals surface area contributed by atoms with Crippen LogP contribution in [0.3, 0.4) is 0 Å². The molecule has 0 aromatic carbocycles. The Morgan fingerprint density at radius 3 is 2.39 bits per heavy atom. The van der Waals surface area contributed by atoms with Crippen LogP contribution in [0.5, 0.6) is 0 Å². The first-order chi connectivity index (χ1) is 8.17. The number of hydrogen-bond donors (Lipinski definition) is 2. The molecule has 0 aromatic rings. The first-order valence-electron chi connectivity index (χ1n) is 6.07. The standard InChI is InChI=1S/C12H25N3O3/c1-9(2)15(7-6-10(13)14-17)11(16)8-18-12(3,4)5/h9,17H,6-8H2,1-5H3,(H2,13,14). The number of oxime groups is 1. The molecule has 0 heterocycles. The minimum Gasteiger partial charge on any atom is -0.409 e. The van der Waals surface area contributed by atoms with Crippen molar-refractivity contribution >= 4 is 11.7 Å². The average Bonchev–Trinajstić information content (AvgIpc) is 2.24. The summed E-state index contributed by atoms with van der Waals surface area (Å²) in [7, 11) is 0. The Hall–Kier alpha value is -1.30. The van der Waals surface area contributed by atoms with Gasteiger partial charge in [-0.3, -0.25) is 4.79 Å². The van der Waals surface area contributed by atoms with E-state index in [9.17, 15) is 4.79 Å². The summed E-state index contributed by atoms with van der Waals surface area (Å²) in [6.07, 6.45) is 0.343. The Kier molecular flexibility index (Phi) is 6.68. The van der Waals surface area contributed by atoms with Crippen LogP contribution in [0.25, 0.3) is 0 Å². The van der Waals surface area contributed by atoms with Gasteiger partial charge in [0, 0.05) is 19.0 Å². The van der Waals surface area contributed by atoms with Crippen molar-refractivity contribution in [2.45, 2.75) is 52.7 Å². The Balaban J connectivity index is 4.37. The molecule has 6 heteroatoms. The normalized spacial score (nSPS) is 12.9. The molecular formula is C12H25N3O3. The van der Waals surface area contributed by atoms with Crippen LogP contribution in [0.2, 0.25) is 0 Å². The summed E-state index contributed by atoms with van der Waals surface area (Å²) in [6, 6.07) is 0.0487. The fourth-order valence-corrected chi connectivity index (χ4v) is 1.32. The van der Waals surface area contributed by atoms with E-state index in [1.807, 2.05) is 34.6 Å². The monoisotopic (exact) mass is 259 g/mol. The second-order valence-electron chi connectivity index (χ2n) is 5.42. The summed E-state index contributed by atoms with van der Waals surface area (Å²) >= 11 is 0. The highest BCUT2D eigenvalue weighted by molar-refractivity contribution is 5.81. The molecule has 1 amide bonds. The van der Waals surface area contributed by atoms with Crippen LogP contribution in [-0.4, -0.2) is 46.6 Å². The van der Waals surface area contributed by atoms with Gasteiger partial charge in [-0.15, -0.1) is 0 Å². The topological polar surface area (TPSA) is 88.1 Å². The molecule has 0 saturated heterocycles. The van der Waals surface area contributed by atoms with E-state index in [0.717, 1.165) is 0 Å². The van der Waals surface area contributed by atoms with E-state index in [1.54, 1.807) is 4.90 Å². The van der Waals surface area contributed by atoms with E-state index in [1.165, 1.54) is 0 Å². The lowest BCUT2D eigenvalue weighted by Crippen LogP contribution is -2.42. The Morgan fingerprint density at radius 2 is 2.00 bits per heavy atom. The van der Waals surface area contributed by atoms with Gasteiger partial charge in [-0.2, -0.15) is 0 Å². The number of amides is 1. The van der Waals surface area contributed by atoms with E-state index in [-0.39, 0.29) is 30.0 Å². The van der Waals surface area contributed by atoms with Crippen molar-refractivity contribution in [1.29, 1.82) is 0 Å². The van der Waals surface area contributed by atoms with Crippen LogP contribution in [0.4, 0.5) is 0 Å². The molecule has 0 rings (SSSR count). The quantitative estimate of drug-likeness (QED) is 0.324. The van der Waals surface area contributed by atoms with Gasteiger partial charge < -0.3 is 20.6 Å².